The van der Waals surface area contributed by atoms with Crippen LogP contribution in [0.4, 0.5) is 10.7 Å². The van der Waals surface area contributed by atoms with Crippen molar-refractivity contribution < 1.29 is 0 Å². The molecule has 122 valence electrons. The monoisotopic (exact) mass is 366 g/mol. The van der Waals surface area contributed by atoms with Crippen LogP contribution in [0.2, 0.25) is 5.15 Å². The zero-order valence-corrected chi connectivity index (χ0v) is 15.4. The lowest BCUT2D eigenvalue weighted by Gasteiger charge is -2.25. The fourth-order valence-electron chi connectivity index (χ4n) is 2.62. The Balaban J connectivity index is 2.06. The first kappa shape index (κ1) is 16.5. The van der Waals surface area contributed by atoms with E-state index in [1.54, 1.807) is 28.7 Å². The second-order valence-electron chi connectivity index (χ2n) is 5.68. The van der Waals surface area contributed by atoms with Gasteiger partial charge in [-0.3, -0.25) is 0 Å². The molecule has 0 unspecified atom stereocenters. The quantitative estimate of drug-likeness (QED) is 0.662. The smallest absolute Gasteiger partial charge is 0.131 e. The lowest BCUT2D eigenvalue weighted by atomic mass is 10.2. The Kier molecular flexibility index (Phi) is 4.77. The summed E-state index contributed by atoms with van der Waals surface area (Å²) in [5.41, 5.74) is 14.9. The molecule has 0 saturated carbocycles. The summed E-state index contributed by atoms with van der Waals surface area (Å²) in [6.07, 6.45) is 0. The number of pyridine rings is 1. The number of rotatable bonds is 5. The number of anilines is 2. The minimum atomic E-state index is 0.0773. The highest BCUT2D eigenvalue weighted by molar-refractivity contribution is 7.23. The predicted octanol–water partition coefficient (Wildman–Crippen LogP) is 4.26. The van der Waals surface area contributed by atoms with Gasteiger partial charge < -0.3 is 16.4 Å². The summed E-state index contributed by atoms with van der Waals surface area (Å²) in [5.74, 6) is 0. The van der Waals surface area contributed by atoms with Crippen molar-refractivity contribution in [1.82, 2.24) is 4.98 Å². The molecule has 0 radical (unpaired) electrons. The molecular formula is C16H19ClN4S2. The Bertz CT molecular complexity index is 811. The molecule has 0 fully saturated rings. The van der Waals surface area contributed by atoms with Crippen LogP contribution >= 0.6 is 34.3 Å². The summed E-state index contributed by atoms with van der Waals surface area (Å²) >= 11 is 9.48. The van der Waals surface area contributed by atoms with Gasteiger partial charge in [0.05, 0.1) is 27.4 Å². The van der Waals surface area contributed by atoms with E-state index in [4.69, 9.17) is 23.1 Å². The van der Waals surface area contributed by atoms with E-state index in [0.29, 0.717) is 10.8 Å². The fourth-order valence-corrected chi connectivity index (χ4v) is 4.72. The first-order chi connectivity index (χ1) is 11.0. The maximum atomic E-state index is 6.12. The van der Waals surface area contributed by atoms with Crippen LogP contribution in [0.5, 0.6) is 0 Å². The first-order valence-corrected chi connectivity index (χ1v) is 9.41. The molecule has 0 saturated heterocycles. The maximum Gasteiger partial charge on any atom is 0.131 e. The first-order valence-electron chi connectivity index (χ1n) is 7.33. The minimum Gasteiger partial charge on any atom is -0.397 e. The number of aryl methyl sites for hydroxylation is 1. The summed E-state index contributed by atoms with van der Waals surface area (Å²) in [5, 5.41) is 3.68. The molecule has 0 amide bonds. The van der Waals surface area contributed by atoms with Crippen LogP contribution in [0.3, 0.4) is 0 Å². The second kappa shape index (κ2) is 6.65. The van der Waals surface area contributed by atoms with Crippen LogP contribution in [0, 0.1) is 6.92 Å². The van der Waals surface area contributed by atoms with Gasteiger partial charge in [0.15, 0.2) is 0 Å². The zero-order valence-electron chi connectivity index (χ0n) is 13.0. The van der Waals surface area contributed by atoms with Gasteiger partial charge in [0.25, 0.3) is 0 Å². The van der Waals surface area contributed by atoms with Crippen molar-refractivity contribution in [1.29, 1.82) is 0 Å². The Hall–Kier alpha value is -1.34. The topological polar surface area (TPSA) is 68.2 Å². The highest BCUT2D eigenvalue weighted by atomic mass is 35.5. The van der Waals surface area contributed by atoms with Gasteiger partial charge in [-0.2, -0.15) is 0 Å². The van der Waals surface area contributed by atoms with Gasteiger partial charge >= 0.3 is 0 Å². The van der Waals surface area contributed by atoms with Crippen molar-refractivity contribution in [3.8, 4) is 0 Å². The van der Waals surface area contributed by atoms with Crippen LogP contribution in [-0.4, -0.2) is 17.6 Å². The Morgan fingerprint density at radius 1 is 1.43 bits per heavy atom. The molecule has 0 aromatic carbocycles. The van der Waals surface area contributed by atoms with Crippen LogP contribution in [0.1, 0.15) is 17.4 Å². The van der Waals surface area contributed by atoms with E-state index in [2.05, 4.69) is 34.3 Å². The lowest BCUT2D eigenvalue weighted by molar-refractivity contribution is 0.682. The van der Waals surface area contributed by atoms with E-state index >= 15 is 0 Å². The molecule has 0 aliphatic rings. The number of nitrogens with two attached hydrogens (primary N) is 2. The normalized spacial score (nSPS) is 12.7. The van der Waals surface area contributed by atoms with Crippen molar-refractivity contribution >= 4 is 55.2 Å². The summed E-state index contributed by atoms with van der Waals surface area (Å²) in [6, 6.07) is 6.00. The highest BCUT2D eigenvalue weighted by Gasteiger charge is 2.19. The van der Waals surface area contributed by atoms with Crippen molar-refractivity contribution in [3.63, 3.8) is 0 Å². The molecule has 23 heavy (non-hydrogen) atoms. The third-order valence-corrected chi connectivity index (χ3v) is 6.01. The summed E-state index contributed by atoms with van der Waals surface area (Å²) in [6.45, 7) is 5.70. The van der Waals surface area contributed by atoms with E-state index in [1.165, 1.54) is 4.88 Å². The van der Waals surface area contributed by atoms with Gasteiger partial charge in [0.2, 0.25) is 0 Å². The SMILES string of the molecule is Cc1c(N(Cc2cccs2)C[C@H](C)N)sc2c(N)cc(Cl)nc12. The van der Waals surface area contributed by atoms with E-state index in [-0.39, 0.29) is 6.04 Å². The largest absolute Gasteiger partial charge is 0.397 e. The number of hydrogen-bond donors (Lipinski definition) is 2. The summed E-state index contributed by atoms with van der Waals surface area (Å²) in [7, 11) is 0. The molecule has 0 spiro atoms. The molecule has 4 nitrogen and oxygen atoms in total. The number of nitrogens with zero attached hydrogens (tertiary/aromatic N) is 2. The Morgan fingerprint density at radius 2 is 2.22 bits per heavy atom. The van der Waals surface area contributed by atoms with E-state index in [1.807, 2.05) is 6.92 Å². The lowest BCUT2D eigenvalue weighted by Crippen LogP contribution is -2.35. The number of thiophene rings is 2. The molecule has 3 rings (SSSR count). The Morgan fingerprint density at radius 3 is 2.87 bits per heavy atom. The van der Waals surface area contributed by atoms with Crippen LogP contribution < -0.4 is 16.4 Å². The van der Waals surface area contributed by atoms with Crippen LogP contribution in [0.15, 0.2) is 23.6 Å². The predicted molar refractivity (Wildman–Crippen MR) is 103 cm³/mol. The minimum absolute atomic E-state index is 0.0773. The van der Waals surface area contributed by atoms with Crippen molar-refractivity contribution in [2.75, 3.05) is 17.2 Å². The molecule has 0 aliphatic heterocycles. The van der Waals surface area contributed by atoms with Crippen molar-refractivity contribution in [2.45, 2.75) is 26.4 Å². The highest BCUT2D eigenvalue weighted by Crippen LogP contribution is 2.41. The third-order valence-electron chi connectivity index (χ3n) is 3.57. The number of aromatic nitrogens is 1. The fraction of sp³-hybridized carbons (Fsp3) is 0.312. The summed E-state index contributed by atoms with van der Waals surface area (Å²) < 4.78 is 0.989. The average Bonchev–Trinajstić information content (AvgIpc) is 3.07. The number of hydrogen-bond acceptors (Lipinski definition) is 6. The standard InChI is InChI=1S/C16H19ClN4S2/c1-9(18)7-21(8-11-4-3-5-22-11)16-10(2)14-15(23-16)12(19)6-13(17)20-14/h3-6,9H,7-8,18H2,1-2H3,(H2,19,20)/t9-/m0/s1. The molecule has 4 N–H and O–H groups in total. The van der Waals surface area contributed by atoms with Gasteiger partial charge in [0.1, 0.15) is 5.15 Å². The maximum absolute atomic E-state index is 6.12. The Labute approximate surface area is 148 Å². The molecule has 3 heterocycles. The van der Waals surface area contributed by atoms with Gasteiger partial charge in [0, 0.05) is 23.0 Å². The van der Waals surface area contributed by atoms with Crippen LogP contribution in [0.25, 0.3) is 10.2 Å². The third kappa shape index (κ3) is 3.45. The van der Waals surface area contributed by atoms with E-state index < -0.39 is 0 Å². The molecule has 0 aliphatic carbocycles. The molecule has 0 bridgehead atoms. The van der Waals surface area contributed by atoms with E-state index in [9.17, 15) is 0 Å². The second-order valence-corrected chi connectivity index (χ2v) is 8.10. The number of nitrogen functional groups attached to an aromatic ring is 1. The van der Waals surface area contributed by atoms with Crippen molar-refractivity contribution in [3.05, 3.63) is 39.2 Å². The average molecular weight is 367 g/mol. The summed E-state index contributed by atoms with van der Waals surface area (Å²) in [4.78, 5) is 8.07. The molecule has 1 atom stereocenters. The van der Waals surface area contributed by atoms with E-state index in [0.717, 1.165) is 33.9 Å². The van der Waals surface area contributed by atoms with Gasteiger partial charge in [-0.25, -0.2) is 4.98 Å². The van der Waals surface area contributed by atoms with Gasteiger partial charge in [-0.15, -0.1) is 22.7 Å². The van der Waals surface area contributed by atoms with Crippen LogP contribution in [-0.2, 0) is 6.54 Å². The molecular weight excluding hydrogens is 348 g/mol. The van der Waals surface area contributed by atoms with Gasteiger partial charge in [-0.05, 0) is 31.4 Å². The number of fused-ring (bicyclic) bond motifs is 1. The molecule has 3 aromatic rings. The molecule has 3 aromatic heterocycles. The van der Waals surface area contributed by atoms with Gasteiger partial charge in [-0.1, -0.05) is 17.7 Å². The molecule has 7 heteroatoms. The van der Waals surface area contributed by atoms with Crippen molar-refractivity contribution in [2.24, 2.45) is 5.73 Å². The zero-order chi connectivity index (χ0) is 16.6. The number of halogens is 1.